The van der Waals surface area contributed by atoms with Crippen LogP contribution in [0.15, 0.2) is 77.3 Å². The van der Waals surface area contributed by atoms with E-state index in [0.717, 1.165) is 10.2 Å². The Kier molecular flexibility index (Phi) is 4.37. The lowest BCUT2D eigenvalue weighted by molar-refractivity contribution is 0.364. The van der Waals surface area contributed by atoms with E-state index in [-0.39, 0.29) is 0 Å². The Hall–Kier alpha value is -2.06. The Labute approximate surface area is 133 Å². The standard InChI is InChI=1S/C19H15BrO/c20-18-10-8-17-14-19(11-9-16(17)13-18)21-12-4-7-15-5-2-1-3-6-15/h1-11,13-14H,12H2. The van der Waals surface area contributed by atoms with Crippen LogP contribution >= 0.6 is 15.9 Å². The SMILES string of the molecule is Brc1ccc2cc(OCC=Cc3ccccc3)ccc2c1. The molecule has 3 rings (SSSR count). The van der Waals surface area contributed by atoms with Gasteiger partial charge in [0.25, 0.3) is 0 Å². The summed E-state index contributed by atoms with van der Waals surface area (Å²) in [5.41, 5.74) is 1.18. The first-order valence-electron chi connectivity index (χ1n) is 6.85. The van der Waals surface area contributed by atoms with Gasteiger partial charge in [0.05, 0.1) is 0 Å². The third kappa shape index (κ3) is 3.73. The van der Waals surface area contributed by atoms with Crippen LogP contribution in [0.25, 0.3) is 16.8 Å². The maximum Gasteiger partial charge on any atom is 0.120 e. The van der Waals surface area contributed by atoms with Crippen LogP contribution in [0.5, 0.6) is 5.75 Å². The Bertz CT molecular complexity index is 763. The summed E-state index contributed by atoms with van der Waals surface area (Å²) in [5.74, 6) is 0.891. The maximum atomic E-state index is 5.77. The summed E-state index contributed by atoms with van der Waals surface area (Å²) in [6, 6.07) is 22.6. The molecule has 3 aromatic carbocycles. The van der Waals surface area contributed by atoms with Gasteiger partial charge in [0.2, 0.25) is 0 Å². The third-order valence-corrected chi connectivity index (χ3v) is 3.72. The first kappa shape index (κ1) is 13.9. The number of ether oxygens (including phenoxy) is 1. The zero-order chi connectivity index (χ0) is 14.5. The average molecular weight is 339 g/mol. The van der Waals surface area contributed by atoms with Crippen LogP contribution in [0, 0.1) is 0 Å². The topological polar surface area (TPSA) is 9.23 Å². The summed E-state index contributed by atoms with van der Waals surface area (Å²) in [7, 11) is 0. The van der Waals surface area contributed by atoms with Crippen molar-refractivity contribution in [3.8, 4) is 5.75 Å². The fraction of sp³-hybridized carbons (Fsp3) is 0.0526. The summed E-state index contributed by atoms with van der Waals surface area (Å²) < 4.78 is 6.86. The van der Waals surface area contributed by atoms with Crippen molar-refractivity contribution in [2.45, 2.75) is 0 Å². The number of hydrogen-bond acceptors (Lipinski definition) is 1. The highest BCUT2D eigenvalue weighted by Gasteiger charge is 1.97. The minimum Gasteiger partial charge on any atom is -0.490 e. The van der Waals surface area contributed by atoms with E-state index in [1.165, 1.54) is 16.3 Å². The number of hydrogen-bond donors (Lipinski definition) is 0. The molecule has 0 fully saturated rings. The lowest BCUT2D eigenvalue weighted by Gasteiger charge is -2.05. The molecule has 104 valence electrons. The molecule has 0 saturated heterocycles. The highest BCUT2D eigenvalue weighted by molar-refractivity contribution is 9.10. The van der Waals surface area contributed by atoms with E-state index in [2.05, 4.69) is 58.4 Å². The smallest absolute Gasteiger partial charge is 0.120 e. The molecule has 0 N–H and O–H groups in total. The van der Waals surface area contributed by atoms with Gasteiger partial charge in [-0.05, 0) is 46.7 Å². The monoisotopic (exact) mass is 338 g/mol. The van der Waals surface area contributed by atoms with Crippen molar-refractivity contribution >= 4 is 32.8 Å². The van der Waals surface area contributed by atoms with Crippen LogP contribution in [0.3, 0.4) is 0 Å². The average Bonchev–Trinajstić information content (AvgIpc) is 2.52. The van der Waals surface area contributed by atoms with Crippen LogP contribution in [0.2, 0.25) is 0 Å². The molecular weight excluding hydrogens is 324 g/mol. The predicted molar refractivity (Wildman–Crippen MR) is 92.6 cm³/mol. The van der Waals surface area contributed by atoms with Gasteiger partial charge in [0.1, 0.15) is 12.4 Å². The van der Waals surface area contributed by atoms with E-state index < -0.39 is 0 Å². The van der Waals surface area contributed by atoms with Gasteiger partial charge in [-0.3, -0.25) is 0 Å². The molecule has 0 aliphatic carbocycles. The van der Waals surface area contributed by atoms with Gasteiger partial charge in [-0.25, -0.2) is 0 Å². The minimum absolute atomic E-state index is 0.566. The molecular formula is C19H15BrO. The van der Waals surface area contributed by atoms with Gasteiger partial charge in [-0.2, -0.15) is 0 Å². The first-order valence-corrected chi connectivity index (χ1v) is 7.64. The van der Waals surface area contributed by atoms with E-state index in [1.54, 1.807) is 0 Å². The molecule has 2 heteroatoms. The fourth-order valence-electron chi connectivity index (χ4n) is 2.18. The summed E-state index contributed by atoms with van der Waals surface area (Å²) >= 11 is 3.48. The summed E-state index contributed by atoms with van der Waals surface area (Å²) in [4.78, 5) is 0. The van der Waals surface area contributed by atoms with Gasteiger partial charge in [-0.1, -0.05) is 64.5 Å². The fourth-order valence-corrected chi connectivity index (χ4v) is 2.56. The molecule has 1 nitrogen and oxygen atoms in total. The van der Waals surface area contributed by atoms with Crippen LogP contribution in [-0.2, 0) is 0 Å². The van der Waals surface area contributed by atoms with E-state index in [0.29, 0.717) is 6.61 Å². The molecule has 0 aliphatic heterocycles. The molecule has 21 heavy (non-hydrogen) atoms. The van der Waals surface area contributed by atoms with Crippen LogP contribution in [0.4, 0.5) is 0 Å². The molecule has 0 amide bonds. The van der Waals surface area contributed by atoms with Crippen molar-refractivity contribution < 1.29 is 4.74 Å². The first-order chi connectivity index (χ1) is 10.3. The van der Waals surface area contributed by atoms with Gasteiger partial charge in [0, 0.05) is 4.47 Å². The highest BCUT2D eigenvalue weighted by Crippen LogP contribution is 2.24. The maximum absolute atomic E-state index is 5.77. The minimum atomic E-state index is 0.566. The molecule has 0 spiro atoms. The van der Waals surface area contributed by atoms with Crippen LogP contribution in [0.1, 0.15) is 5.56 Å². The number of halogens is 1. The van der Waals surface area contributed by atoms with Gasteiger partial charge < -0.3 is 4.74 Å². The second kappa shape index (κ2) is 6.59. The lowest BCUT2D eigenvalue weighted by Crippen LogP contribution is -1.93. The highest BCUT2D eigenvalue weighted by atomic mass is 79.9. The zero-order valence-electron chi connectivity index (χ0n) is 11.5. The molecule has 0 aromatic heterocycles. The lowest BCUT2D eigenvalue weighted by atomic mass is 10.1. The van der Waals surface area contributed by atoms with Crippen LogP contribution in [-0.4, -0.2) is 6.61 Å². The second-order valence-corrected chi connectivity index (χ2v) is 5.69. The summed E-state index contributed by atoms with van der Waals surface area (Å²) in [6.07, 6.45) is 4.10. The molecule has 0 radical (unpaired) electrons. The zero-order valence-corrected chi connectivity index (χ0v) is 13.1. The van der Waals surface area contributed by atoms with Crippen molar-refractivity contribution in [2.24, 2.45) is 0 Å². The number of benzene rings is 3. The molecule has 0 aliphatic rings. The molecule has 3 aromatic rings. The van der Waals surface area contributed by atoms with Gasteiger partial charge >= 0.3 is 0 Å². The summed E-state index contributed by atoms with van der Waals surface area (Å²) in [6.45, 7) is 0.566. The third-order valence-electron chi connectivity index (χ3n) is 3.23. The van der Waals surface area contributed by atoms with Crippen molar-refractivity contribution in [3.63, 3.8) is 0 Å². The Morgan fingerprint density at radius 2 is 1.62 bits per heavy atom. The van der Waals surface area contributed by atoms with Gasteiger partial charge in [0.15, 0.2) is 0 Å². The Morgan fingerprint density at radius 3 is 2.48 bits per heavy atom. The Balaban J connectivity index is 1.65. The van der Waals surface area contributed by atoms with E-state index in [1.807, 2.05) is 36.4 Å². The van der Waals surface area contributed by atoms with Crippen molar-refractivity contribution in [3.05, 3.63) is 82.8 Å². The molecule has 0 saturated carbocycles. The van der Waals surface area contributed by atoms with Crippen molar-refractivity contribution in [1.29, 1.82) is 0 Å². The van der Waals surface area contributed by atoms with Gasteiger partial charge in [-0.15, -0.1) is 0 Å². The van der Waals surface area contributed by atoms with E-state index in [4.69, 9.17) is 4.74 Å². The largest absolute Gasteiger partial charge is 0.490 e. The van der Waals surface area contributed by atoms with E-state index >= 15 is 0 Å². The molecule has 0 unspecified atom stereocenters. The number of fused-ring (bicyclic) bond motifs is 1. The van der Waals surface area contributed by atoms with Crippen molar-refractivity contribution in [2.75, 3.05) is 6.61 Å². The van der Waals surface area contributed by atoms with Crippen LogP contribution < -0.4 is 4.74 Å². The molecule has 0 atom stereocenters. The predicted octanol–water partition coefficient (Wildman–Crippen LogP) is 5.69. The summed E-state index contributed by atoms with van der Waals surface area (Å²) in [5, 5.41) is 2.39. The quantitative estimate of drug-likeness (QED) is 0.593. The number of rotatable bonds is 4. The Morgan fingerprint density at radius 1 is 0.857 bits per heavy atom. The second-order valence-electron chi connectivity index (χ2n) is 4.78. The normalized spacial score (nSPS) is 11.1. The molecule has 0 bridgehead atoms. The van der Waals surface area contributed by atoms with E-state index in [9.17, 15) is 0 Å². The van der Waals surface area contributed by atoms with Crippen molar-refractivity contribution in [1.82, 2.24) is 0 Å². The molecule has 0 heterocycles.